The van der Waals surface area contributed by atoms with E-state index in [9.17, 15) is 0 Å². The number of nitrogens with one attached hydrogen (secondary N) is 2. The fourth-order valence-electron chi connectivity index (χ4n) is 1.44. The fourth-order valence-corrected chi connectivity index (χ4v) is 1.74. The first-order chi connectivity index (χ1) is 8.26. The summed E-state index contributed by atoms with van der Waals surface area (Å²) in [6.07, 6.45) is 6.24. The number of guanidine groups is 1. The summed E-state index contributed by atoms with van der Waals surface area (Å²) in [4.78, 5) is 4.54. The molecule has 0 aliphatic heterocycles. The van der Waals surface area contributed by atoms with Crippen LogP contribution in [-0.2, 0) is 13.6 Å². The lowest BCUT2D eigenvalue weighted by Gasteiger charge is -2.10. The van der Waals surface area contributed by atoms with E-state index >= 15 is 0 Å². The topological polar surface area (TPSA) is 41.4 Å². The van der Waals surface area contributed by atoms with Crippen molar-refractivity contribution < 1.29 is 0 Å². The van der Waals surface area contributed by atoms with E-state index in [0.717, 1.165) is 31.3 Å². The lowest BCUT2D eigenvalue weighted by Crippen LogP contribution is -2.38. The maximum atomic E-state index is 4.54. The molecule has 0 spiro atoms. The molecule has 0 fully saturated rings. The van der Waals surface area contributed by atoms with Crippen molar-refractivity contribution in [2.45, 2.75) is 13.5 Å². The van der Waals surface area contributed by atoms with Crippen molar-refractivity contribution in [3.05, 3.63) is 24.0 Å². The molecule has 1 heterocycles. The predicted molar refractivity (Wildman–Crippen MR) is 76.6 cm³/mol. The van der Waals surface area contributed by atoms with Crippen LogP contribution in [-0.4, -0.2) is 35.6 Å². The molecule has 96 valence electrons. The molecule has 1 aromatic rings. The minimum absolute atomic E-state index is 0.718. The molecule has 1 rings (SSSR count). The molecule has 4 nitrogen and oxygen atoms in total. The maximum Gasteiger partial charge on any atom is 0.191 e. The average molecular weight is 254 g/mol. The zero-order chi connectivity index (χ0) is 12.5. The van der Waals surface area contributed by atoms with Crippen molar-refractivity contribution in [3.63, 3.8) is 0 Å². The fraction of sp³-hybridized carbons (Fsp3) is 0.583. The minimum Gasteiger partial charge on any atom is -0.357 e. The summed E-state index contributed by atoms with van der Waals surface area (Å²) in [5.74, 6) is 1.99. The quantitative estimate of drug-likeness (QED) is 0.458. The lowest BCUT2D eigenvalue weighted by molar-refractivity contribution is 0.841. The first kappa shape index (κ1) is 14.0. The molecule has 2 N–H and O–H groups in total. The van der Waals surface area contributed by atoms with Crippen LogP contribution < -0.4 is 10.6 Å². The monoisotopic (exact) mass is 254 g/mol. The van der Waals surface area contributed by atoms with E-state index in [1.54, 1.807) is 0 Å². The second-order valence-corrected chi connectivity index (χ2v) is 4.79. The summed E-state index contributed by atoms with van der Waals surface area (Å²) in [5.41, 5.74) is 1.23. The van der Waals surface area contributed by atoms with Crippen molar-refractivity contribution >= 4 is 17.7 Å². The summed E-state index contributed by atoms with van der Waals surface area (Å²) in [5, 5.41) is 6.55. The predicted octanol–water partition coefficient (Wildman–Crippen LogP) is 1.44. The third-order valence-corrected chi connectivity index (χ3v) is 2.87. The van der Waals surface area contributed by atoms with E-state index in [0.29, 0.717) is 0 Å². The molecule has 0 saturated carbocycles. The first-order valence-electron chi connectivity index (χ1n) is 5.88. The molecule has 1 aromatic heterocycles. The number of nitrogens with zero attached hydrogens (tertiary/aromatic N) is 2. The van der Waals surface area contributed by atoms with Crippen LogP contribution in [0.15, 0.2) is 23.5 Å². The van der Waals surface area contributed by atoms with E-state index in [2.05, 4.69) is 41.1 Å². The van der Waals surface area contributed by atoms with Crippen LogP contribution in [0, 0.1) is 0 Å². The van der Waals surface area contributed by atoms with Gasteiger partial charge in [-0.15, -0.1) is 0 Å². The van der Waals surface area contributed by atoms with Gasteiger partial charge in [-0.3, -0.25) is 0 Å². The van der Waals surface area contributed by atoms with Gasteiger partial charge in [-0.2, -0.15) is 11.8 Å². The zero-order valence-corrected chi connectivity index (χ0v) is 11.7. The molecule has 0 aliphatic carbocycles. The summed E-state index contributed by atoms with van der Waals surface area (Å²) < 4.78 is 2.04. The van der Waals surface area contributed by atoms with Gasteiger partial charge in [0.1, 0.15) is 0 Å². The maximum absolute atomic E-state index is 4.54. The Morgan fingerprint density at radius 2 is 2.29 bits per heavy atom. The molecule has 0 unspecified atom stereocenters. The van der Waals surface area contributed by atoms with Crippen LogP contribution in [0.4, 0.5) is 0 Å². The largest absolute Gasteiger partial charge is 0.357 e. The first-order valence-corrected chi connectivity index (χ1v) is 7.27. The highest BCUT2D eigenvalue weighted by Crippen LogP contribution is 2.00. The van der Waals surface area contributed by atoms with Crippen molar-refractivity contribution in [2.24, 2.45) is 12.0 Å². The Kier molecular flexibility index (Phi) is 6.62. The molecular weight excluding hydrogens is 232 g/mol. The molecule has 0 atom stereocenters. The van der Waals surface area contributed by atoms with E-state index in [-0.39, 0.29) is 0 Å². The van der Waals surface area contributed by atoms with Crippen molar-refractivity contribution in [2.75, 3.05) is 25.1 Å². The van der Waals surface area contributed by atoms with Gasteiger partial charge >= 0.3 is 0 Å². The number of aryl methyl sites for hydroxylation is 1. The SMILES string of the molecule is CCNC(=NCc1ccn(C)c1)NCCSC. The van der Waals surface area contributed by atoms with Crippen LogP contribution in [0.3, 0.4) is 0 Å². The van der Waals surface area contributed by atoms with Crippen LogP contribution in [0.25, 0.3) is 0 Å². The molecule has 5 heteroatoms. The Labute approximate surface area is 108 Å². The summed E-state index contributed by atoms with van der Waals surface area (Å²) in [6.45, 7) is 4.63. The smallest absolute Gasteiger partial charge is 0.191 e. The van der Waals surface area contributed by atoms with Gasteiger partial charge in [0.05, 0.1) is 6.54 Å². The normalized spacial score (nSPS) is 11.6. The highest BCUT2D eigenvalue weighted by Gasteiger charge is 1.97. The number of hydrogen-bond acceptors (Lipinski definition) is 2. The number of hydrogen-bond donors (Lipinski definition) is 2. The Morgan fingerprint density at radius 3 is 2.88 bits per heavy atom. The number of thioether (sulfide) groups is 1. The highest BCUT2D eigenvalue weighted by atomic mass is 32.2. The van der Waals surface area contributed by atoms with Gasteiger partial charge in [0, 0.05) is 38.3 Å². The van der Waals surface area contributed by atoms with Crippen LogP contribution in [0.5, 0.6) is 0 Å². The molecular formula is C12H22N4S. The van der Waals surface area contributed by atoms with Gasteiger partial charge in [-0.25, -0.2) is 4.99 Å². The van der Waals surface area contributed by atoms with Crippen LogP contribution >= 0.6 is 11.8 Å². The summed E-state index contributed by atoms with van der Waals surface area (Å²) in [6, 6.07) is 2.09. The molecule has 17 heavy (non-hydrogen) atoms. The summed E-state index contributed by atoms with van der Waals surface area (Å²) in [7, 11) is 2.02. The Hall–Kier alpha value is -1.10. The average Bonchev–Trinajstić information content (AvgIpc) is 2.72. The molecule has 0 aliphatic rings. The molecule has 0 saturated heterocycles. The third-order valence-electron chi connectivity index (χ3n) is 2.26. The van der Waals surface area contributed by atoms with Gasteiger partial charge in [0.25, 0.3) is 0 Å². The van der Waals surface area contributed by atoms with Crippen molar-refractivity contribution in [3.8, 4) is 0 Å². The van der Waals surface area contributed by atoms with Gasteiger partial charge in [-0.1, -0.05) is 0 Å². The number of aliphatic imine (C=N–C) groups is 1. The Morgan fingerprint density at radius 1 is 1.47 bits per heavy atom. The second-order valence-electron chi connectivity index (χ2n) is 3.80. The second kappa shape index (κ2) is 8.06. The molecule has 0 radical (unpaired) electrons. The number of aromatic nitrogens is 1. The van der Waals surface area contributed by atoms with Gasteiger partial charge in [-0.05, 0) is 24.8 Å². The van der Waals surface area contributed by atoms with Crippen molar-refractivity contribution in [1.29, 1.82) is 0 Å². The third kappa shape index (κ3) is 5.68. The lowest BCUT2D eigenvalue weighted by atomic mass is 10.3. The Balaban J connectivity index is 2.44. The number of rotatable bonds is 6. The van der Waals surface area contributed by atoms with Gasteiger partial charge < -0.3 is 15.2 Å². The standard InChI is InChI=1S/C12H22N4S/c1-4-13-12(14-6-8-17-3)15-9-11-5-7-16(2)10-11/h5,7,10H,4,6,8-9H2,1-3H3,(H2,13,14,15). The molecule has 0 bridgehead atoms. The zero-order valence-electron chi connectivity index (χ0n) is 10.9. The Bertz CT molecular complexity index is 346. The minimum atomic E-state index is 0.718. The summed E-state index contributed by atoms with van der Waals surface area (Å²) >= 11 is 1.83. The van der Waals surface area contributed by atoms with Crippen LogP contribution in [0.1, 0.15) is 12.5 Å². The van der Waals surface area contributed by atoms with E-state index in [4.69, 9.17) is 0 Å². The van der Waals surface area contributed by atoms with E-state index in [1.165, 1.54) is 5.56 Å². The van der Waals surface area contributed by atoms with E-state index in [1.807, 2.05) is 29.6 Å². The highest BCUT2D eigenvalue weighted by molar-refractivity contribution is 7.98. The van der Waals surface area contributed by atoms with Crippen molar-refractivity contribution in [1.82, 2.24) is 15.2 Å². The molecule has 0 amide bonds. The van der Waals surface area contributed by atoms with E-state index < -0.39 is 0 Å². The van der Waals surface area contributed by atoms with Gasteiger partial charge in [0.15, 0.2) is 5.96 Å². The van der Waals surface area contributed by atoms with Crippen LogP contribution in [0.2, 0.25) is 0 Å². The molecule has 0 aromatic carbocycles. The van der Waals surface area contributed by atoms with Gasteiger partial charge in [0.2, 0.25) is 0 Å².